The van der Waals surface area contributed by atoms with Crippen LogP contribution >= 0.6 is 24.8 Å². The number of methoxy groups -OCH3 is 2. The molecule has 2 aliphatic heterocycles. The molecule has 0 bridgehead atoms. The Kier molecular flexibility index (Phi) is 7.26. The number of amidine groups is 1. The highest BCUT2D eigenvalue weighted by atomic mass is 35.5. The molecule has 5 nitrogen and oxygen atoms in total. The molecule has 1 aromatic carbocycles. The second-order valence-electron chi connectivity index (χ2n) is 5.15. The molecule has 7 heteroatoms. The first kappa shape index (κ1) is 18.9. The normalized spacial score (nSPS) is 16.5. The number of aliphatic imine (C=N–C) groups is 1. The molecule has 2 heterocycles. The molecule has 3 rings (SSSR count). The van der Waals surface area contributed by atoms with Crippen molar-refractivity contribution in [2.24, 2.45) is 4.99 Å². The highest BCUT2D eigenvalue weighted by Gasteiger charge is 2.23. The van der Waals surface area contributed by atoms with Crippen LogP contribution in [0.4, 0.5) is 0 Å². The molecule has 124 valence electrons. The smallest absolute Gasteiger partial charge is 0.164 e. The van der Waals surface area contributed by atoms with E-state index in [4.69, 9.17) is 9.47 Å². The van der Waals surface area contributed by atoms with Crippen molar-refractivity contribution < 1.29 is 9.47 Å². The van der Waals surface area contributed by atoms with Crippen LogP contribution in [0.5, 0.6) is 11.5 Å². The van der Waals surface area contributed by atoms with Gasteiger partial charge in [0.15, 0.2) is 11.5 Å². The zero-order valence-electron chi connectivity index (χ0n) is 12.9. The van der Waals surface area contributed by atoms with Gasteiger partial charge in [0.2, 0.25) is 0 Å². The van der Waals surface area contributed by atoms with Gasteiger partial charge >= 0.3 is 0 Å². The van der Waals surface area contributed by atoms with Crippen molar-refractivity contribution in [1.29, 1.82) is 0 Å². The standard InChI is InChI=1S/C15H21N3O2.2ClH/c1-19-13-4-3-11-9-18(10-14-16-6-7-17-14)8-5-12(11)15(13)20-2;;/h3-4H,5-10H2,1-2H3,(H,16,17);2*1H. The van der Waals surface area contributed by atoms with Gasteiger partial charge in [-0.15, -0.1) is 24.8 Å². The van der Waals surface area contributed by atoms with E-state index in [1.807, 2.05) is 6.07 Å². The highest BCUT2D eigenvalue weighted by Crippen LogP contribution is 2.36. The van der Waals surface area contributed by atoms with E-state index in [2.05, 4.69) is 21.3 Å². The van der Waals surface area contributed by atoms with Crippen molar-refractivity contribution in [2.75, 3.05) is 40.4 Å². The monoisotopic (exact) mass is 347 g/mol. The SMILES string of the molecule is COc1ccc2c(c1OC)CCN(CC1=NCCN1)C2.Cl.Cl. The molecule has 0 aromatic heterocycles. The van der Waals surface area contributed by atoms with E-state index < -0.39 is 0 Å². The summed E-state index contributed by atoms with van der Waals surface area (Å²) in [5.41, 5.74) is 2.61. The number of nitrogens with zero attached hydrogens (tertiary/aromatic N) is 2. The Morgan fingerprint density at radius 1 is 1.23 bits per heavy atom. The lowest BCUT2D eigenvalue weighted by molar-refractivity contribution is 0.280. The van der Waals surface area contributed by atoms with Crippen molar-refractivity contribution in [3.63, 3.8) is 0 Å². The minimum absolute atomic E-state index is 0. The summed E-state index contributed by atoms with van der Waals surface area (Å²) in [7, 11) is 3.39. The largest absolute Gasteiger partial charge is 0.493 e. The van der Waals surface area contributed by atoms with Crippen LogP contribution in [-0.4, -0.2) is 51.1 Å². The van der Waals surface area contributed by atoms with Crippen LogP contribution in [0.3, 0.4) is 0 Å². The number of ether oxygens (including phenoxy) is 2. The summed E-state index contributed by atoms with van der Waals surface area (Å²) in [5, 5.41) is 3.33. The summed E-state index contributed by atoms with van der Waals surface area (Å²) in [5.74, 6) is 2.83. The van der Waals surface area contributed by atoms with Crippen LogP contribution < -0.4 is 14.8 Å². The molecule has 0 saturated carbocycles. The first-order chi connectivity index (χ1) is 9.81. The quantitative estimate of drug-likeness (QED) is 0.903. The first-order valence-corrected chi connectivity index (χ1v) is 7.04. The van der Waals surface area contributed by atoms with Crippen molar-refractivity contribution in [1.82, 2.24) is 10.2 Å². The van der Waals surface area contributed by atoms with Crippen molar-refractivity contribution >= 4 is 30.6 Å². The van der Waals surface area contributed by atoms with Gasteiger partial charge in [0.1, 0.15) is 5.84 Å². The van der Waals surface area contributed by atoms with Gasteiger partial charge in [-0.1, -0.05) is 6.07 Å². The summed E-state index contributed by atoms with van der Waals surface area (Å²) in [4.78, 5) is 6.89. The molecule has 0 spiro atoms. The van der Waals surface area contributed by atoms with Crippen molar-refractivity contribution in [3.05, 3.63) is 23.3 Å². The van der Waals surface area contributed by atoms with E-state index in [-0.39, 0.29) is 24.8 Å². The molecule has 22 heavy (non-hydrogen) atoms. The third-order valence-electron chi connectivity index (χ3n) is 3.93. The van der Waals surface area contributed by atoms with E-state index in [1.165, 1.54) is 11.1 Å². The second-order valence-corrected chi connectivity index (χ2v) is 5.15. The van der Waals surface area contributed by atoms with Crippen molar-refractivity contribution in [2.45, 2.75) is 13.0 Å². The Morgan fingerprint density at radius 3 is 2.68 bits per heavy atom. The molecular formula is C15H23Cl2N3O2. The predicted octanol–water partition coefficient (Wildman–Crippen LogP) is 1.91. The molecule has 0 aliphatic carbocycles. The summed E-state index contributed by atoms with van der Waals surface area (Å²) in [6.45, 7) is 4.76. The van der Waals surface area contributed by atoms with Gasteiger partial charge in [0, 0.05) is 25.2 Å². The second kappa shape index (κ2) is 8.46. The molecule has 0 saturated heterocycles. The van der Waals surface area contributed by atoms with Gasteiger partial charge in [-0.25, -0.2) is 0 Å². The minimum Gasteiger partial charge on any atom is -0.493 e. The summed E-state index contributed by atoms with van der Waals surface area (Å²) >= 11 is 0. The van der Waals surface area contributed by atoms with Crippen LogP contribution in [0.2, 0.25) is 0 Å². The molecule has 0 atom stereocenters. The Balaban J connectivity index is 0.00000121. The topological polar surface area (TPSA) is 46.1 Å². The van der Waals surface area contributed by atoms with E-state index in [1.54, 1.807) is 14.2 Å². The maximum absolute atomic E-state index is 5.52. The van der Waals surface area contributed by atoms with Gasteiger partial charge in [-0.05, 0) is 18.1 Å². The third kappa shape index (κ3) is 3.77. The van der Waals surface area contributed by atoms with E-state index in [0.717, 1.165) is 56.5 Å². The summed E-state index contributed by atoms with van der Waals surface area (Å²) < 4.78 is 10.9. The van der Waals surface area contributed by atoms with Crippen LogP contribution in [0.15, 0.2) is 17.1 Å². The lowest BCUT2D eigenvalue weighted by Gasteiger charge is -2.30. The van der Waals surface area contributed by atoms with E-state index in [0.29, 0.717) is 0 Å². The van der Waals surface area contributed by atoms with Crippen LogP contribution in [0, 0.1) is 0 Å². The number of nitrogens with one attached hydrogen (secondary N) is 1. The molecular weight excluding hydrogens is 325 g/mol. The fraction of sp³-hybridized carbons (Fsp3) is 0.533. The van der Waals surface area contributed by atoms with Crippen LogP contribution in [0.1, 0.15) is 11.1 Å². The summed E-state index contributed by atoms with van der Waals surface area (Å²) in [6, 6.07) is 4.14. The van der Waals surface area contributed by atoms with E-state index in [9.17, 15) is 0 Å². The maximum Gasteiger partial charge on any atom is 0.164 e. The molecule has 2 aliphatic rings. The lowest BCUT2D eigenvalue weighted by Crippen LogP contribution is -2.38. The summed E-state index contributed by atoms with van der Waals surface area (Å²) in [6.07, 6.45) is 0.989. The van der Waals surface area contributed by atoms with E-state index >= 15 is 0 Å². The molecule has 1 N–H and O–H groups in total. The molecule has 0 amide bonds. The molecule has 0 fully saturated rings. The maximum atomic E-state index is 5.52. The zero-order chi connectivity index (χ0) is 13.9. The number of rotatable bonds is 4. The average molecular weight is 348 g/mol. The van der Waals surface area contributed by atoms with Crippen LogP contribution in [-0.2, 0) is 13.0 Å². The Hall–Kier alpha value is -1.17. The van der Waals surface area contributed by atoms with Gasteiger partial charge < -0.3 is 14.8 Å². The van der Waals surface area contributed by atoms with Crippen LogP contribution in [0.25, 0.3) is 0 Å². The first-order valence-electron chi connectivity index (χ1n) is 7.04. The molecule has 0 unspecified atom stereocenters. The lowest BCUT2D eigenvalue weighted by atomic mass is 9.98. The Labute approximate surface area is 143 Å². The number of benzene rings is 1. The predicted molar refractivity (Wildman–Crippen MR) is 93.3 cm³/mol. The molecule has 1 aromatic rings. The minimum atomic E-state index is 0. The van der Waals surface area contributed by atoms with Gasteiger partial charge in [0.05, 0.1) is 27.3 Å². The number of fused-ring (bicyclic) bond motifs is 1. The third-order valence-corrected chi connectivity index (χ3v) is 3.93. The average Bonchev–Trinajstić information content (AvgIpc) is 2.98. The Morgan fingerprint density at radius 2 is 2.05 bits per heavy atom. The highest BCUT2D eigenvalue weighted by molar-refractivity contribution is 5.86. The van der Waals surface area contributed by atoms with Gasteiger partial charge in [0.25, 0.3) is 0 Å². The number of hydrogen-bond donors (Lipinski definition) is 1. The van der Waals surface area contributed by atoms with Gasteiger partial charge in [-0.3, -0.25) is 9.89 Å². The number of halogens is 2. The van der Waals surface area contributed by atoms with Crippen molar-refractivity contribution in [3.8, 4) is 11.5 Å². The fourth-order valence-electron chi connectivity index (χ4n) is 2.94. The molecule has 0 radical (unpaired) electrons. The zero-order valence-corrected chi connectivity index (χ0v) is 14.6. The Bertz CT molecular complexity index is 538. The number of hydrogen-bond acceptors (Lipinski definition) is 5. The fourth-order valence-corrected chi connectivity index (χ4v) is 2.94. The van der Waals surface area contributed by atoms with Gasteiger partial charge in [-0.2, -0.15) is 0 Å².